The molecule has 98 valence electrons. The molecule has 0 saturated heterocycles. The number of hydrogen-bond acceptors (Lipinski definition) is 2. The fourth-order valence-corrected chi connectivity index (χ4v) is 1.96. The number of rotatable bonds is 3. The number of nitriles is 1. The minimum absolute atomic E-state index is 0.176. The van der Waals surface area contributed by atoms with E-state index in [1.165, 1.54) is 5.56 Å². The second-order valence-corrected chi connectivity index (χ2v) is 5.73. The molecule has 2 rings (SSSR count). The van der Waals surface area contributed by atoms with E-state index in [2.05, 4.69) is 56.2 Å². The van der Waals surface area contributed by atoms with Crippen molar-refractivity contribution in [2.75, 3.05) is 0 Å². The Morgan fingerprint density at radius 1 is 1.16 bits per heavy atom. The average molecular weight is 253 g/mol. The van der Waals surface area contributed by atoms with Crippen molar-refractivity contribution in [2.24, 2.45) is 0 Å². The molecule has 0 N–H and O–H groups in total. The van der Waals surface area contributed by atoms with Crippen molar-refractivity contribution in [3.8, 4) is 17.2 Å². The summed E-state index contributed by atoms with van der Waals surface area (Å²) < 4.78 is 1.82. The first-order valence-corrected chi connectivity index (χ1v) is 6.51. The van der Waals surface area contributed by atoms with Crippen LogP contribution in [0.5, 0.6) is 0 Å². The molecule has 1 heterocycles. The van der Waals surface area contributed by atoms with Crippen molar-refractivity contribution in [3.63, 3.8) is 0 Å². The number of nitrogens with zero attached hydrogens (tertiary/aromatic N) is 3. The summed E-state index contributed by atoms with van der Waals surface area (Å²) in [6.07, 6.45) is 4.33. The number of aromatic nitrogens is 2. The molecule has 0 amide bonds. The van der Waals surface area contributed by atoms with Crippen molar-refractivity contribution >= 4 is 0 Å². The van der Waals surface area contributed by atoms with E-state index in [0.717, 1.165) is 11.1 Å². The molecule has 1 aromatic heterocycles. The van der Waals surface area contributed by atoms with Crippen LogP contribution in [0.4, 0.5) is 0 Å². The molecular formula is C16H19N3. The minimum atomic E-state index is 0.176. The Hall–Kier alpha value is -2.08. The number of benzene rings is 1. The van der Waals surface area contributed by atoms with Gasteiger partial charge in [0.15, 0.2) is 0 Å². The topological polar surface area (TPSA) is 41.6 Å². The third-order valence-corrected chi connectivity index (χ3v) is 3.17. The maximum atomic E-state index is 8.57. The zero-order valence-electron chi connectivity index (χ0n) is 11.7. The van der Waals surface area contributed by atoms with Crippen LogP contribution in [0.2, 0.25) is 0 Å². The van der Waals surface area contributed by atoms with Gasteiger partial charge in [0.05, 0.1) is 25.2 Å². The first-order chi connectivity index (χ1) is 9.00. The summed E-state index contributed by atoms with van der Waals surface area (Å²) in [5, 5.41) is 12.8. The largest absolute Gasteiger partial charge is 0.271 e. The lowest BCUT2D eigenvalue weighted by atomic mass is 9.86. The lowest BCUT2D eigenvalue weighted by Gasteiger charge is -2.18. The molecule has 0 atom stereocenters. The molecular weight excluding hydrogens is 234 g/mol. The van der Waals surface area contributed by atoms with Crippen LogP contribution < -0.4 is 0 Å². The van der Waals surface area contributed by atoms with Crippen LogP contribution in [-0.4, -0.2) is 9.78 Å². The summed E-state index contributed by atoms with van der Waals surface area (Å²) in [5.74, 6) is 0. The van der Waals surface area contributed by atoms with Gasteiger partial charge in [-0.2, -0.15) is 10.4 Å². The van der Waals surface area contributed by atoms with Gasteiger partial charge in [0, 0.05) is 11.8 Å². The van der Waals surface area contributed by atoms with E-state index < -0.39 is 0 Å². The first-order valence-electron chi connectivity index (χ1n) is 6.51. The predicted molar refractivity (Wildman–Crippen MR) is 76.6 cm³/mol. The molecule has 1 aromatic carbocycles. The Labute approximate surface area is 114 Å². The monoisotopic (exact) mass is 253 g/mol. The Morgan fingerprint density at radius 2 is 1.84 bits per heavy atom. The van der Waals surface area contributed by atoms with Gasteiger partial charge < -0.3 is 0 Å². The van der Waals surface area contributed by atoms with E-state index in [1.807, 2.05) is 17.1 Å². The van der Waals surface area contributed by atoms with Gasteiger partial charge in [-0.3, -0.25) is 4.68 Å². The highest BCUT2D eigenvalue weighted by molar-refractivity contribution is 5.62. The summed E-state index contributed by atoms with van der Waals surface area (Å²) in [6.45, 7) is 7.28. The molecule has 3 heteroatoms. The normalized spacial score (nSPS) is 11.3. The van der Waals surface area contributed by atoms with Crippen LogP contribution in [0.15, 0.2) is 36.7 Å². The molecule has 0 saturated carbocycles. The van der Waals surface area contributed by atoms with E-state index >= 15 is 0 Å². The highest BCUT2D eigenvalue weighted by Crippen LogP contribution is 2.25. The molecule has 0 radical (unpaired) electrons. The van der Waals surface area contributed by atoms with Crippen LogP contribution in [0, 0.1) is 11.3 Å². The van der Waals surface area contributed by atoms with Crippen LogP contribution in [0.25, 0.3) is 11.1 Å². The van der Waals surface area contributed by atoms with Crippen molar-refractivity contribution in [3.05, 3.63) is 42.2 Å². The van der Waals surface area contributed by atoms with Crippen molar-refractivity contribution in [1.29, 1.82) is 5.26 Å². The molecule has 2 aromatic rings. The third-order valence-electron chi connectivity index (χ3n) is 3.17. The zero-order valence-corrected chi connectivity index (χ0v) is 11.7. The molecule has 0 aliphatic rings. The van der Waals surface area contributed by atoms with E-state index in [0.29, 0.717) is 13.0 Å². The van der Waals surface area contributed by atoms with Crippen LogP contribution in [0.1, 0.15) is 32.8 Å². The van der Waals surface area contributed by atoms with Gasteiger partial charge >= 0.3 is 0 Å². The van der Waals surface area contributed by atoms with Gasteiger partial charge in [-0.15, -0.1) is 0 Å². The van der Waals surface area contributed by atoms with Gasteiger partial charge in [-0.1, -0.05) is 45.0 Å². The van der Waals surface area contributed by atoms with Crippen molar-refractivity contribution in [2.45, 2.75) is 39.2 Å². The molecule has 0 aliphatic carbocycles. The average Bonchev–Trinajstić information content (AvgIpc) is 2.84. The Balaban J connectivity index is 2.18. The molecule has 0 spiro atoms. The highest BCUT2D eigenvalue weighted by atomic mass is 15.3. The molecule has 0 aliphatic heterocycles. The fourth-order valence-electron chi connectivity index (χ4n) is 1.96. The highest BCUT2D eigenvalue weighted by Gasteiger charge is 2.13. The van der Waals surface area contributed by atoms with E-state index in [1.54, 1.807) is 0 Å². The maximum Gasteiger partial charge on any atom is 0.0641 e. The summed E-state index contributed by atoms with van der Waals surface area (Å²) >= 11 is 0. The van der Waals surface area contributed by atoms with Gasteiger partial charge in [0.2, 0.25) is 0 Å². The summed E-state index contributed by atoms with van der Waals surface area (Å²) in [6, 6.07) is 10.7. The third kappa shape index (κ3) is 3.23. The summed E-state index contributed by atoms with van der Waals surface area (Å²) in [7, 11) is 0. The standard InChI is InChI=1S/C16H19N3/c1-16(2,3)15-7-5-13(6-8-15)14-11-18-19(12-14)10-4-9-17/h5-8,11-12H,4,10H2,1-3H3. The predicted octanol–water partition coefficient (Wildman–Crippen LogP) is 3.76. The van der Waals surface area contributed by atoms with Gasteiger partial charge in [0.1, 0.15) is 0 Å². The van der Waals surface area contributed by atoms with Gasteiger partial charge in [-0.05, 0) is 16.5 Å². The molecule has 0 bridgehead atoms. The fraction of sp³-hybridized carbons (Fsp3) is 0.375. The smallest absolute Gasteiger partial charge is 0.0641 e. The maximum absolute atomic E-state index is 8.57. The second kappa shape index (κ2) is 5.27. The summed E-state index contributed by atoms with van der Waals surface area (Å²) in [5.41, 5.74) is 3.76. The van der Waals surface area contributed by atoms with Gasteiger partial charge in [0.25, 0.3) is 0 Å². The minimum Gasteiger partial charge on any atom is -0.271 e. The molecule has 3 nitrogen and oxygen atoms in total. The lowest BCUT2D eigenvalue weighted by molar-refractivity contribution is 0.590. The van der Waals surface area contributed by atoms with Crippen LogP contribution in [0.3, 0.4) is 0 Å². The molecule has 0 unspecified atom stereocenters. The van der Waals surface area contributed by atoms with Crippen molar-refractivity contribution < 1.29 is 0 Å². The van der Waals surface area contributed by atoms with Crippen LogP contribution in [-0.2, 0) is 12.0 Å². The SMILES string of the molecule is CC(C)(C)c1ccc(-c2cnn(CCC#N)c2)cc1. The lowest BCUT2D eigenvalue weighted by Crippen LogP contribution is -2.10. The van der Waals surface area contributed by atoms with E-state index in [-0.39, 0.29) is 5.41 Å². The Kier molecular flexibility index (Phi) is 3.71. The van der Waals surface area contributed by atoms with E-state index in [4.69, 9.17) is 5.26 Å². The molecule has 19 heavy (non-hydrogen) atoms. The molecule has 0 fully saturated rings. The van der Waals surface area contributed by atoms with Gasteiger partial charge in [-0.25, -0.2) is 0 Å². The number of hydrogen-bond donors (Lipinski definition) is 0. The summed E-state index contributed by atoms with van der Waals surface area (Å²) in [4.78, 5) is 0. The quantitative estimate of drug-likeness (QED) is 0.835. The van der Waals surface area contributed by atoms with Crippen molar-refractivity contribution in [1.82, 2.24) is 9.78 Å². The zero-order chi connectivity index (χ0) is 13.9. The Bertz CT molecular complexity index is 580. The second-order valence-electron chi connectivity index (χ2n) is 5.73. The Morgan fingerprint density at radius 3 is 2.42 bits per heavy atom. The van der Waals surface area contributed by atoms with E-state index in [9.17, 15) is 0 Å². The first kappa shape index (κ1) is 13.4. The van der Waals surface area contributed by atoms with Crippen LogP contribution >= 0.6 is 0 Å². The number of aryl methyl sites for hydroxylation is 1.